The maximum absolute atomic E-state index is 14.4. The molecule has 0 radical (unpaired) electrons. The zero-order valence-corrected chi connectivity index (χ0v) is 32.0. The molecule has 3 heterocycles. The topological polar surface area (TPSA) is 171 Å². The Morgan fingerprint density at radius 3 is 1.81 bits per heavy atom. The SMILES string of the molecule is O=C1CCC(=O)N[C@@H](Cc2cccs2)C(=O)N[C@@H](Cc2ccc(-c3ccccc3)cc2)C(=O)N[C@H](Cc2ccccc2)C(=O)C[C@@H](C(=O)O)Cc2ccc(cc2)N1. The molecule has 2 bridgehead atoms. The number of carbonyl (C=O) groups is 6. The summed E-state index contributed by atoms with van der Waals surface area (Å²) < 4.78 is 0. The van der Waals surface area contributed by atoms with Gasteiger partial charge in [0, 0.05) is 42.7 Å². The highest BCUT2D eigenvalue weighted by molar-refractivity contribution is 7.09. The van der Waals surface area contributed by atoms with Gasteiger partial charge in [-0.05, 0) is 64.2 Å². The highest BCUT2D eigenvalue weighted by atomic mass is 32.1. The van der Waals surface area contributed by atoms with Gasteiger partial charge in [0.25, 0.3) is 0 Å². The van der Waals surface area contributed by atoms with Crippen molar-refractivity contribution in [1.29, 1.82) is 0 Å². The summed E-state index contributed by atoms with van der Waals surface area (Å²) in [5, 5.41) is 23.3. The molecular weight excluding hydrogens is 741 g/mol. The van der Waals surface area contributed by atoms with E-state index >= 15 is 0 Å². The molecule has 0 spiro atoms. The van der Waals surface area contributed by atoms with Crippen LogP contribution in [0.5, 0.6) is 0 Å². The van der Waals surface area contributed by atoms with E-state index < -0.39 is 59.4 Å². The smallest absolute Gasteiger partial charge is 0.307 e. The summed E-state index contributed by atoms with van der Waals surface area (Å²) in [6.45, 7) is 0. The number of hydrogen-bond donors (Lipinski definition) is 5. The van der Waals surface area contributed by atoms with Crippen LogP contribution >= 0.6 is 11.3 Å². The van der Waals surface area contributed by atoms with Gasteiger partial charge in [-0.15, -0.1) is 11.3 Å². The zero-order valence-electron chi connectivity index (χ0n) is 31.2. The third kappa shape index (κ3) is 11.8. The Hall–Kier alpha value is -6.40. The molecule has 0 fully saturated rings. The molecule has 292 valence electrons. The quantitative estimate of drug-likeness (QED) is 0.129. The highest BCUT2D eigenvalue weighted by Gasteiger charge is 2.32. The number of nitrogens with one attached hydrogen (secondary N) is 4. The lowest BCUT2D eigenvalue weighted by Gasteiger charge is -2.26. The lowest BCUT2D eigenvalue weighted by Crippen LogP contribution is -2.57. The van der Waals surface area contributed by atoms with Crippen LogP contribution in [-0.4, -0.2) is 58.6 Å². The van der Waals surface area contributed by atoms with Gasteiger partial charge in [0.1, 0.15) is 12.1 Å². The molecule has 11 nitrogen and oxygen atoms in total. The molecule has 4 amide bonds. The Balaban J connectivity index is 1.34. The molecule has 7 rings (SSSR count). The number of thiophene rings is 1. The Morgan fingerprint density at radius 1 is 0.579 bits per heavy atom. The van der Waals surface area contributed by atoms with Crippen molar-refractivity contribution < 1.29 is 33.9 Å². The molecule has 57 heavy (non-hydrogen) atoms. The number of carboxylic acid groups (broad SMARTS) is 1. The van der Waals surface area contributed by atoms with Crippen molar-refractivity contribution in [3.05, 3.63) is 148 Å². The number of hydrogen-bond acceptors (Lipinski definition) is 7. The summed E-state index contributed by atoms with van der Waals surface area (Å²) >= 11 is 1.41. The second-order valence-electron chi connectivity index (χ2n) is 14.1. The zero-order chi connectivity index (χ0) is 40.1. The van der Waals surface area contributed by atoms with Gasteiger partial charge in [0.15, 0.2) is 5.78 Å². The van der Waals surface area contributed by atoms with E-state index in [9.17, 15) is 33.9 Å². The second-order valence-corrected chi connectivity index (χ2v) is 15.2. The minimum Gasteiger partial charge on any atom is -0.481 e. The van der Waals surface area contributed by atoms with Gasteiger partial charge in [-0.2, -0.15) is 0 Å². The number of amides is 4. The normalized spacial score (nSPS) is 20.0. The third-order valence-corrected chi connectivity index (χ3v) is 10.8. The largest absolute Gasteiger partial charge is 0.481 e. The van der Waals surface area contributed by atoms with Crippen molar-refractivity contribution in [3.8, 4) is 11.1 Å². The van der Waals surface area contributed by atoms with E-state index in [1.165, 1.54) is 11.3 Å². The van der Waals surface area contributed by atoms with Crippen molar-refractivity contribution in [2.24, 2.45) is 5.92 Å². The highest BCUT2D eigenvalue weighted by Crippen LogP contribution is 2.22. The van der Waals surface area contributed by atoms with Crippen LogP contribution in [-0.2, 0) is 54.5 Å². The Kier molecular flexibility index (Phi) is 13.7. The molecule has 4 aromatic carbocycles. The van der Waals surface area contributed by atoms with Crippen LogP contribution in [0.15, 0.2) is 127 Å². The van der Waals surface area contributed by atoms with Crippen molar-refractivity contribution >= 4 is 52.4 Å². The lowest BCUT2D eigenvalue weighted by molar-refractivity contribution is -0.144. The van der Waals surface area contributed by atoms with Gasteiger partial charge < -0.3 is 26.4 Å². The molecule has 5 aromatic rings. The second kappa shape index (κ2) is 19.5. The van der Waals surface area contributed by atoms with Gasteiger partial charge in [-0.3, -0.25) is 28.8 Å². The van der Waals surface area contributed by atoms with E-state index in [2.05, 4.69) is 21.3 Å². The van der Waals surface area contributed by atoms with Crippen LogP contribution in [0.25, 0.3) is 11.1 Å². The number of anilines is 1. The first-order valence-electron chi connectivity index (χ1n) is 18.8. The fourth-order valence-corrected chi connectivity index (χ4v) is 7.50. The van der Waals surface area contributed by atoms with Crippen LogP contribution in [0.4, 0.5) is 5.69 Å². The molecule has 1 aromatic heterocycles. The molecule has 4 atom stereocenters. The number of aliphatic carboxylic acids is 1. The summed E-state index contributed by atoms with van der Waals surface area (Å²) in [7, 11) is 0. The minimum atomic E-state index is -1.19. The monoisotopic (exact) mass is 784 g/mol. The Labute approximate surface area is 334 Å². The average Bonchev–Trinajstić information content (AvgIpc) is 3.73. The van der Waals surface area contributed by atoms with E-state index in [1.807, 2.05) is 102 Å². The summed E-state index contributed by atoms with van der Waals surface area (Å²) in [5.41, 5.74) is 4.55. The molecular formula is C45H44N4O7S. The Bertz CT molecular complexity index is 2160. The van der Waals surface area contributed by atoms with Crippen molar-refractivity contribution in [3.63, 3.8) is 0 Å². The number of carboxylic acids is 1. The fourth-order valence-electron chi connectivity index (χ4n) is 6.75. The molecule has 0 unspecified atom stereocenters. The van der Waals surface area contributed by atoms with Crippen molar-refractivity contribution in [2.45, 2.75) is 63.1 Å². The van der Waals surface area contributed by atoms with Crippen LogP contribution in [0.3, 0.4) is 0 Å². The first-order valence-corrected chi connectivity index (χ1v) is 19.7. The molecule has 5 N–H and O–H groups in total. The number of Topliss-reactive ketones (excluding diaryl/α,β-unsaturated/α-hetero) is 1. The summed E-state index contributed by atoms with van der Waals surface area (Å²) in [6, 6.07) is 33.4. The van der Waals surface area contributed by atoms with Crippen LogP contribution < -0.4 is 21.3 Å². The van der Waals surface area contributed by atoms with Gasteiger partial charge in [-0.25, -0.2) is 0 Å². The van der Waals surface area contributed by atoms with Crippen molar-refractivity contribution in [1.82, 2.24) is 16.0 Å². The van der Waals surface area contributed by atoms with Crippen LogP contribution in [0.2, 0.25) is 0 Å². The lowest BCUT2D eigenvalue weighted by atomic mass is 9.90. The van der Waals surface area contributed by atoms with Gasteiger partial charge >= 0.3 is 5.97 Å². The molecule has 0 saturated heterocycles. The summed E-state index contributed by atoms with van der Waals surface area (Å²) in [4.78, 5) is 82.0. The first kappa shape index (κ1) is 40.3. The molecule has 12 heteroatoms. The van der Waals surface area contributed by atoms with E-state index in [0.29, 0.717) is 11.3 Å². The predicted molar refractivity (Wildman–Crippen MR) is 218 cm³/mol. The van der Waals surface area contributed by atoms with Gasteiger partial charge in [-0.1, -0.05) is 103 Å². The molecule has 0 aliphatic carbocycles. The predicted octanol–water partition coefficient (Wildman–Crippen LogP) is 5.53. The number of carbonyl (C=O) groups excluding carboxylic acids is 5. The van der Waals surface area contributed by atoms with E-state index in [1.54, 1.807) is 24.3 Å². The van der Waals surface area contributed by atoms with E-state index in [-0.39, 0.29) is 44.9 Å². The number of rotatable bonds is 8. The van der Waals surface area contributed by atoms with Crippen LogP contribution in [0.1, 0.15) is 40.8 Å². The summed E-state index contributed by atoms with van der Waals surface area (Å²) in [5.74, 6) is -4.95. The summed E-state index contributed by atoms with van der Waals surface area (Å²) in [6.07, 6.45) is -0.402. The van der Waals surface area contributed by atoms with E-state index in [0.717, 1.165) is 27.1 Å². The van der Waals surface area contributed by atoms with E-state index in [4.69, 9.17) is 0 Å². The standard InChI is InChI=1S/C45H44N4O7S/c50-40-27-34(45(55)56)24-30-15-19-35(20-16-30)46-41(51)21-22-42(52)47-39(28-36-12-7-23-57-36)44(54)49-38(43(53)48-37(40)25-29-8-3-1-4-9-29)26-31-13-17-33(18-14-31)32-10-5-2-6-11-32/h1-20,23,34,37-39H,21-22,24-28H2,(H,46,51)(H,47,52)(H,48,53)(H,49,54)(H,55,56)/t34-,37+,38-,39-/m0/s1. The maximum Gasteiger partial charge on any atom is 0.307 e. The number of ketones is 1. The molecule has 2 aliphatic rings. The minimum absolute atomic E-state index is 0.0325. The Morgan fingerprint density at radius 2 is 1.16 bits per heavy atom. The first-order chi connectivity index (χ1) is 27.6. The fraction of sp³-hybridized carbons (Fsp3) is 0.244. The van der Waals surface area contributed by atoms with Crippen molar-refractivity contribution in [2.75, 3.05) is 5.32 Å². The number of benzene rings is 4. The number of fused-ring (bicyclic) bond motifs is 18. The van der Waals surface area contributed by atoms with Crippen LogP contribution in [0, 0.1) is 5.92 Å². The molecule has 2 aliphatic heterocycles. The molecule has 0 saturated carbocycles. The maximum atomic E-state index is 14.4. The van der Waals surface area contributed by atoms with Gasteiger partial charge in [0.2, 0.25) is 23.6 Å². The average molecular weight is 785 g/mol. The van der Waals surface area contributed by atoms with Gasteiger partial charge in [0.05, 0.1) is 12.0 Å². The third-order valence-electron chi connectivity index (χ3n) is 9.85.